The molecule has 0 bridgehead atoms. The first-order valence-corrected chi connectivity index (χ1v) is 19.5. The molecule has 0 atom stereocenters. The van der Waals surface area contributed by atoms with Crippen LogP contribution in [0.25, 0.3) is 44.8 Å². The number of rotatable bonds is 6. The first kappa shape index (κ1) is 38.2. The van der Waals surface area contributed by atoms with Crippen LogP contribution in [0.2, 0.25) is 0 Å². The molecule has 0 saturated carbocycles. The summed E-state index contributed by atoms with van der Waals surface area (Å²) in [6.07, 6.45) is 0. The van der Waals surface area contributed by atoms with Crippen molar-refractivity contribution < 1.29 is 21.1 Å². The van der Waals surface area contributed by atoms with Crippen LogP contribution >= 0.6 is 0 Å². The topological polar surface area (TPSA) is 25.8 Å². The second-order valence-electron chi connectivity index (χ2n) is 15.8. The first-order valence-electron chi connectivity index (χ1n) is 19.5. The Morgan fingerprint density at radius 3 is 1.14 bits per heavy atom. The van der Waals surface area contributed by atoms with E-state index >= 15 is 0 Å². The van der Waals surface area contributed by atoms with Crippen LogP contribution in [0, 0.1) is 39.8 Å². The van der Waals surface area contributed by atoms with Crippen LogP contribution in [0.4, 0.5) is 0 Å². The van der Waals surface area contributed by atoms with Gasteiger partial charge in [0.15, 0.2) is 0 Å². The van der Waals surface area contributed by atoms with Gasteiger partial charge in [-0.25, -0.2) is 0 Å². The molecule has 280 valence electrons. The van der Waals surface area contributed by atoms with Gasteiger partial charge in [-0.1, -0.05) is 168 Å². The van der Waals surface area contributed by atoms with Crippen LogP contribution < -0.4 is 0 Å². The molecule has 0 saturated heterocycles. The average molecular weight is 916 g/mol. The molecule has 0 fully saturated rings. The minimum Gasteiger partial charge on any atom is -0.300 e. The van der Waals surface area contributed by atoms with E-state index in [9.17, 15) is 0 Å². The number of benzene rings is 6. The number of pyridine rings is 2. The second kappa shape index (κ2) is 15.0. The molecule has 57 heavy (non-hydrogen) atoms. The maximum atomic E-state index is 5.58. The molecule has 0 amide bonds. The number of aryl methyl sites for hydroxylation is 4. The third kappa shape index (κ3) is 6.32. The summed E-state index contributed by atoms with van der Waals surface area (Å²) in [5.41, 5.74) is 19.3. The number of fused-ring (bicyclic) bond motifs is 2. The minimum atomic E-state index is -0.800. The van der Waals surface area contributed by atoms with Crippen molar-refractivity contribution in [3.05, 3.63) is 226 Å². The Balaban J connectivity index is 0.00000455. The van der Waals surface area contributed by atoms with Gasteiger partial charge in [0.2, 0.25) is 0 Å². The Bertz CT molecular complexity index is 2530. The van der Waals surface area contributed by atoms with E-state index in [2.05, 4.69) is 211 Å². The van der Waals surface area contributed by atoms with Crippen LogP contribution in [-0.2, 0) is 31.9 Å². The SMILES string of the molecule is Cc1cccc(C)c1-c1c[c-]c(-c2cccc(C3(c4cccc(-c5[c-]cc(-c6c(C)cccc6C)cc5)n4)c4ccccc4C(C)(C)c4ccccc43)n2)cc1.[Pt+2]. The molecule has 6 aromatic carbocycles. The predicted molar refractivity (Wildman–Crippen MR) is 231 cm³/mol. The van der Waals surface area contributed by atoms with E-state index in [1.54, 1.807) is 0 Å². The Hall–Kier alpha value is -5.69. The van der Waals surface area contributed by atoms with Crippen molar-refractivity contribution in [1.82, 2.24) is 9.97 Å². The normalized spacial score (nSPS) is 13.6. The molecule has 8 aromatic rings. The van der Waals surface area contributed by atoms with Crippen molar-refractivity contribution in [2.45, 2.75) is 52.4 Å². The van der Waals surface area contributed by atoms with Crippen LogP contribution in [0.3, 0.4) is 0 Å². The minimum absolute atomic E-state index is 0. The van der Waals surface area contributed by atoms with Gasteiger partial charge in [-0.15, -0.1) is 59.7 Å². The summed E-state index contributed by atoms with van der Waals surface area (Å²) in [5.74, 6) is 0. The second-order valence-corrected chi connectivity index (χ2v) is 15.8. The van der Waals surface area contributed by atoms with Gasteiger partial charge in [0, 0.05) is 5.41 Å². The summed E-state index contributed by atoms with van der Waals surface area (Å²) >= 11 is 0. The molecule has 1 aliphatic rings. The molecular weight excluding hydrogens is 872 g/mol. The van der Waals surface area contributed by atoms with Crippen molar-refractivity contribution in [3.8, 4) is 44.8 Å². The number of hydrogen-bond acceptors (Lipinski definition) is 2. The van der Waals surface area contributed by atoms with Gasteiger partial charge in [-0.3, -0.25) is 9.97 Å². The summed E-state index contributed by atoms with van der Waals surface area (Å²) in [6.45, 7) is 13.4. The van der Waals surface area contributed by atoms with Crippen LogP contribution in [-0.4, -0.2) is 9.97 Å². The van der Waals surface area contributed by atoms with Crippen molar-refractivity contribution in [1.29, 1.82) is 0 Å². The molecule has 9 rings (SSSR count). The zero-order valence-electron chi connectivity index (χ0n) is 33.2. The van der Waals surface area contributed by atoms with E-state index in [0.717, 1.165) is 45.0 Å². The molecule has 0 aliphatic heterocycles. The van der Waals surface area contributed by atoms with Gasteiger partial charge >= 0.3 is 21.1 Å². The molecule has 2 nitrogen and oxygen atoms in total. The molecule has 3 heteroatoms. The quantitative estimate of drug-likeness (QED) is 0.155. The van der Waals surface area contributed by atoms with E-state index in [1.165, 1.54) is 55.6 Å². The maximum Gasteiger partial charge on any atom is 2.00 e. The van der Waals surface area contributed by atoms with Crippen LogP contribution in [0.15, 0.2) is 158 Å². The Morgan fingerprint density at radius 2 is 0.772 bits per heavy atom. The van der Waals surface area contributed by atoms with Crippen molar-refractivity contribution in [2.75, 3.05) is 0 Å². The fourth-order valence-corrected chi connectivity index (χ4v) is 9.29. The molecule has 2 heterocycles. The molecule has 0 unspecified atom stereocenters. The number of aromatic nitrogens is 2. The van der Waals surface area contributed by atoms with E-state index in [-0.39, 0.29) is 26.5 Å². The largest absolute Gasteiger partial charge is 2.00 e. The zero-order valence-corrected chi connectivity index (χ0v) is 35.5. The van der Waals surface area contributed by atoms with E-state index in [0.29, 0.717) is 0 Å². The van der Waals surface area contributed by atoms with Gasteiger partial charge in [0.1, 0.15) is 5.41 Å². The number of hydrogen-bond donors (Lipinski definition) is 0. The van der Waals surface area contributed by atoms with Crippen molar-refractivity contribution in [3.63, 3.8) is 0 Å². The average Bonchev–Trinajstić information content (AvgIpc) is 3.22. The van der Waals surface area contributed by atoms with E-state index in [1.807, 2.05) is 0 Å². The van der Waals surface area contributed by atoms with Gasteiger partial charge in [-0.05, 0) is 73.5 Å². The number of nitrogens with zero attached hydrogens (tertiary/aromatic N) is 2. The molecule has 0 radical (unpaired) electrons. The Morgan fingerprint density at radius 1 is 0.404 bits per heavy atom. The first-order chi connectivity index (χ1) is 27.2. The predicted octanol–water partition coefficient (Wildman–Crippen LogP) is 13.0. The van der Waals surface area contributed by atoms with Gasteiger partial charge < -0.3 is 0 Å². The van der Waals surface area contributed by atoms with E-state index in [4.69, 9.17) is 9.97 Å². The Labute approximate surface area is 352 Å². The molecular formula is C54H44N2Pt. The smallest absolute Gasteiger partial charge is 0.300 e. The zero-order chi connectivity index (χ0) is 38.6. The molecule has 1 aliphatic carbocycles. The summed E-state index contributed by atoms with van der Waals surface area (Å²) in [4.78, 5) is 11.2. The van der Waals surface area contributed by atoms with Crippen LogP contribution in [0.1, 0.15) is 69.7 Å². The maximum absolute atomic E-state index is 5.58. The molecule has 0 N–H and O–H groups in total. The fraction of sp³-hybridized carbons (Fsp3) is 0.148. The summed E-state index contributed by atoms with van der Waals surface area (Å²) in [7, 11) is 0. The monoisotopic (exact) mass is 915 g/mol. The van der Waals surface area contributed by atoms with Crippen molar-refractivity contribution >= 4 is 0 Å². The molecule has 2 aromatic heterocycles. The Kier molecular flexibility index (Phi) is 10.0. The third-order valence-electron chi connectivity index (χ3n) is 12.0. The fourth-order valence-electron chi connectivity index (χ4n) is 9.29. The summed E-state index contributed by atoms with van der Waals surface area (Å²) < 4.78 is 0. The van der Waals surface area contributed by atoms with E-state index < -0.39 is 5.41 Å². The standard InChI is InChI=1S/C54H44N2.Pt/c1-35-15-11-16-36(2)51(35)41-31-27-39(28-32-41)47-23-13-25-49(55-47)54(45-21-9-7-19-43(45)53(5,6)44-20-8-10-22-46(44)54)50-26-14-24-48(56-50)40-29-33-42(34-30-40)52-37(3)17-12-18-38(52)4;/h7-27,29,31-34H,1-6H3;/q-2;+2. The van der Waals surface area contributed by atoms with Gasteiger partial charge in [0.05, 0.1) is 11.4 Å². The van der Waals surface area contributed by atoms with Gasteiger partial charge in [-0.2, -0.15) is 0 Å². The third-order valence-corrected chi connectivity index (χ3v) is 12.0. The van der Waals surface area contributed by atoms with Crippen LogP contribution in [0.5, 0.6) is 0 Å². The summed E-state index contributed by atoms with van der Waals surface area (Å²) in [6, 6.07) is 63.7. The van der Waals surface area contributed by atoms with Gasteiger partial charge in [0.25, 0.3) is 0 Å². The molecule has 0 spiro atoms. The summed E-state index contributed by atoms with van der Waals surface area (Å²) in [5, 5.41) is 0. The van der Waals surface area contributed by atoms with Crippen molar-refractivity contribution in [2.24, 2.45) is 0 Å².